The molecule has 1 aliphatic carbocycles. The van der Waals surface area contributed by atoms with Gasteiger partial charge in [-0.15, -0.1) is 0 Å². The number of carbonyl (C=O) groups is 1. The number of rotatable bonds is 4. The highest BCUT2D eigenvalue weighted by Gasteiger charge is 2.50. The third-order valence-corrected chi connectivity index (χ3v) is 4.03. The molecule has 110 valence electrons. The van der Waals surface area contributed by atoms with E-state index >= 15 is 0 Å². The van der Waals surface area contributed by atoms with Crippen molar-refractivity contribution in [1.29, 1.82) is 0 Å². The fraction of sp³-hybridized carbons (Fsp3) is 0.615. The molecule has 20 heavy (non-hydrogen) atoms. The molecule has 2 rings (SSSR count). The molecule has 1 aromatic heterocycles. The summed E-state index contributed by atoms with van der Waals surface area (Å²) in [6, 6.07) is -0.193. The van der Waals surface area contributed by atoms with Crippen molar-refractivity contribution in [1.82, 2.24) is 9.55 Å². The van der Waals surface area contributed by atoms with E-state index in [1.807, 2.05) is 20.8 Å². The lowest BCUT2D eigenvalue weighted by Crippen LogP contribution is -2.54. The van der Waals surface area contributed by atoms with Gasteiger partial charge in [-0.05, 0) is 13.3 Å². The van der Waals surface area contributed by atoms with Gasteiger partial charge in [-0.3, -0.25) is 14.3 Å². The number of nitrogens with one attached hydrogen (secondary N) is 1. The number of aromatic carboxylic acids is 1. The molecule has 1 aromatic rings. The van der Waals surface area contributed by atoms with E-state index in [1.165, 1.54) is 4.57 Å². The Morgan fingerprint density at radius 1 is 1.55 bits per heavy atom. The Labute approximate surface area is 115 Å². The predicted molar refractivity (Wildman–Crippen MR) is 71.1 cm³/mol. The van der Waals surface area contributed by atoms with E-state index in [9.17, 15) is 14.4 Å². The molecule has 0 spiro atoms. The topological polar surface area (TPSA) is 101 Å². The third kappa shape index (κ3) is 2.18. The van der Waals surface area contributed by atoms with Gasteiger partial charge < -0.3 is 9.84 Å². The first-order valence-electron chi connectivity index (χ1n) is 6.49. The molecule has 2 atom stereocenters. The summed E-state index contributed by atoms with van der Waals surface area (Å²) >= 11 is 0. The van der Waals surface area contributed by atoms with Gasteiger partial charge in [0.15, 0.2) is 0 Å². The second-order valence-electron chi connectivity index (χ2n) is 5.53. The highest BCUT2D eigenvalue weighted by molar-refractivity contribution is 5.86. The number of H-pyrrole nitrogens is 1. The van der Waals surface area contributed by atoms with E-state index in [1.54, 1.807) is 0 Å². The van der Waals surface area contributed by atoms with Gasteiger partial charge in [-0.2, -0.15) is 0 Å². The SMILES string of the molecule is CCOC1CC(n2cc(C(=O)O)c(=O)[nH]c2=O)C1(C)C. The molecule has 0 bridgehead atoms. The summed E-state index contributed by atoms with van der Waals surface area (Å²) in [5, 5.41) is 8.96. The van der Waals surface area contributed by atoms with Crippen molar-refractivity contribution in [2.75, 3.05) is 6.61 Å². The number of carboxylic acids is 1. The van der Waals surface area contributed by atoms with Gasteiger partial charge in [0.25, 0.3) is 5.56 Å². The maximum Gasteiger partial charge on any atom is 0.342 e. The Hall–Kier alpha value is -1.89. The van der Waals surface area contributed by atoms with Crippen LogP contribution in [-0.2, 0) is 4.74 Å². The molecule has 0 aliphatic heterocycles. The van der Waals surface area contributed by atoms with Crippen molar-refractivity contribution in [3.05, 3.63) is 32.6 Å². The Morgan fingerprint density at radius 2 is 2.20 bits per heavy atom. The minimum absolute atomic E-state index is 0.0182. The van der Waals surface area contributed by atoms with Gasteiger partial charge in [-0.1, -0.05) is 13.8 Å². The van der Waals surface area contributed by atoms with E-state index in [0.717, 1.165) is 6.20 Å². The first-order chi connectivity index (χ1) is 9.28. The Kier molecular flexibility index (Phi) is 3.56. The number of hydrogen-bond donors (Lipinski definition) is 2. The molecular formula is C13H18N2O5. The second-order valence-corrected chi connectivity index (χ2v) is 5.53. The van der Waals surface area contributed by atoms with Crippen LogP contribution in [0.4, 0.5) is 0 Å². The summed E-state index contributed by atoms with van der Waals surface area (Å²) in [4.78, 5) is 36.3. The van der Waals surface area contributed by atoms with Crippen LogP contribution in [-0.4, -0.2) is 33.3 Å². The summed E-state index contributed by atoms with van der Waals surface area (Å²) in [5.74, 6) is -1.35. The molecule has 0 amide bonds. The average molecular weight is 282 g/mol. The summed E-state index contributed by atoms with van der Waals surface area (Å²) in [5.41, 5.74) is -2.20. The number of ether oxygens (including phenoxy) is 1. The zero-order chi connectivity index (χ0) is 15.1. The number of aromatic nitrogens is 2. The van der Waals surface area contributed by atoms with Gasteiger partial charge in [0.2, 0.25) is 0 Å². The van der Waals surface area contributed by atoms with E-state index < -0.39 is 22.8 Å². The van der Waals surface area contributed by atoms with Gasteiger partial charge in [0.05, 0.1) is 6.10 Å². The van der Waals surface area contributed by atoms with Crippen LogP contribution in [0, 0.1) is 5.41 Å². The maximum atomic E-state index is 11.9. The summed E-state index contributed by atoms with van der Waals surface area (Å²) in [7, 11) is 0. The molecule has 7 nitrogen and oxygen atoms in total. The summed E-state index contributed by atoms with van der Waals surface area (Å²) in [6.45, 7) is 6.40. The van der Waals surface area contributed by atoms with Crippen molar-refractivity contribution < 1.29 is 14.6 Å². The van der Waals surface area contributed by atoms with Crippen molar-refractivity contribution in [3.8, 4) is 0 Å². The largest absolute Gasteiger partial charge is 0.477 e. The zero-order valence-corrected chi connectivity index (χ0v) is 11.7. The average Bonchev–Trinajstić information content (AvgIpc) is 2.35. The summed E-state index contributed by atoms with van der Waals surface area (Å²) in [6.07, 6.45) is 1.76. The number of aromatic amines is 1. The zero-order valence-electron chi connectivity index (χ0n) is 11.7. The predicted octanol–water partition coefficient (Wildman–Crippen LogP) is 0.611. The molecule has 7 heteroatoms. The van der Waals surface area contributed by atoms with E-state index in [2.05, 4.69) is 4.98 Å². The lowest BCUT2D eigenvalue weighted by Gasteiger charge is -2.51. The molecule has 2 N–H and O–H groups in total. The fourth-order valence-electron chi connectivity index (χ4n) is 2.69. The highest BCUT2D eigenvalue weighted by atomic mass is 16.5. The minimum atomic E-state index is -1.35. The molecule has 0 saturated heterocycles. The highest BCUT2D eigenvalue weighted by Crippen LogP contribution is 2.50. The van der Waals surface area contributed by atoms with Crippen LogP contribution >= 0.6 is 0 Å². The second kappa shape index (κ2) is 4.90. The number of hydrogen-bond acceptors (Lipinski definition) is 4. The molecule has 1 fully saturated rings. The molecule has 0 radical (unpaired) electrons. The normalized spacial score (nSPS) is 24.1. The van der Waals surface area contributed by atoms with Crippen molar-refractivity contribution in [2.24, 2.45) is 5.41 Å². The monoisotopic (exact) mass is 282 g/mol. The van der Waals surface area contributed by atoms with Crippen molar-refractivity contribution >= 4 is 5.97 Å². The van der Waals surface area contributed by atoms with Crippen LogP contribution < -0.4 is 11.2 Å². The van der Waals surface area contributed by atoms with Crippen molar-refractivity contribution in [2.45, 2.75) is 39.3 Å². The quantitative estimate of drug-likeness (QED) is 0.842. The molecule has 1 saturated carbocycles. The molecular weight excluding hydrogens is 264 g/mol. The van der Waals surface area contributed by atoms with Gasteiger partial charge in [0, 0.05) is 24.3 Å². The molecule has 0 aromatic carbocycles. The fourth-order valence-corrected chi connectivity index (χ4v) is 2.69. The van der Waals surface area contributed by atoms with Crippen LogP contribution in [0.1, 0.15) is 43.6 Å². The van der Waals surface area contributed by atoms with E-state index in [-0.39, 0.29) is 17.6 Å². The third-order valence-electron chi connectivity index (χ3n) is 4.03. The first kappa shape index (κ1) is 14.5. The molecule has 1 heterocycles. The Bertz CT molecular complexity index is 643. The van der Waals surface area contributed by atoms with Crippen LogP contribution in [0.3, 0.4) is 0 Å². The smallest absolute Gasteiger partial charge is 0.342 e. The van der Waals surface area contributed by atoms with E-state index in [4.69, 9.17) is 9.84 Å². The van der Waals surface area contributed by atoms with Gasteiger partial charge in [-0.25, -0.2) is 9.59 Å². The Morgan fingerprint density at radius 3 is 2.70 bits per heavy atom. The first-order valence-corrected chi connectivity index (χ1v) is 6.49. The minimum Gasteiger partial charge on any atom is -0.477 e. The van der Waals surface area contributed by atoms with Crippen LogP contribution in [0.25, 0.3) is 0 Å². The number of carboxylic acid groups (broad SMARTS) is 1. The molecule has 2 unspecified atom stereocenters. The van der Waals surface area contributed by atoms with Gasteiger partial charge in [0.1, 0.15) is 5.56 Å². The van der Waals surface area contributed by atoms with E-state index in [0.29, 0.717) is 13.0 Å². The maximum absolute atomic E-state index is 11.9. The lowest BCUT2D eigenvalue weighted by molar-refractivity contribution is -0.129. The number of nitrogens with zero attached hydrogens (tertiary/aromatic N) is 1. The summed E-state index contributed by atoms with van der Waals surface area (Å²) < 4.78 is 6.87. The van der Waals surface area contributed by atoms with Crippen LogP contribution in [0.2, 0.25) is 0 Å². The molecule has 1 aliphatic rings. The van der Waals surface area contributed by atoms with Crippen LogP contribution in [0.5, 0.6) is 0 Å². The lowest BCUT2D eigenvalue weighted by atomic mass is 9.64. The van der Waals surface area contributed by atoms with Crippen LogP contribution in [0.15, 0.2) is 15.8 Å². The van der Waals surface area contributed by atoms with Gasteiger partial charge >= 0.3 is 11.7 Å². The standard InChI is InChI=1S/C13H18N2O5/c1-4-20-9-5-8(13(9,2)3)15-6-7(11(17)18)10(16)14-12(15)19/h6,8-9H,4-5H2,1-3H3,(H,17,18)(H,14,16,19). The Balaban J connectivity index is 2.41. The van der Waals surface area contributed by atoms with Crippen molar-refractivity contribution in [3.63, 3.8) is 0 Å².